The third-order valence-electron chi connectivity index (χ3n) is 3.28. The number of aromatic nitrogens is 1. The van der Waals surface area contributed by atoms with Gasteiger partial charge in [-0.05, 0) is 30.2 Å². The van der Waals surface area contributed by atoms with Crippen molar-refractivity contribution in [2.24, 2.45) is 5.92 Å². The van der Waals surface area contributed by atoms with Crippen molar-refractivity contribution in [3.8, 4) is 0 Å². The first kappa shape index (κ1) is 11.8. The number of hydrogen-bond acceptors (Lipinski definition) is 0. The van der Waals surface area contributed by atoms with E-state index in [0.717, 1.165) is 11.0 Å². The average molecular weight is 302 g/mol. The van der Waals surface area contributed by atoms with Crippen LogP contribution in [-0.4, -0.2) is 4.57 Å². The third kappa shape index (κ3) is 1.85. The molecular weight excluding hydrogens is 286 g/mol. The Labute approximate surface area is 116 Å². The molecule has 0 amide bonds. The Morgan fingerprint density at radius 1 is 1.00 bits per heavy atom. The molecule has 92 valence electrons. The summed E-state index contributed by atoms with van der Waals surface area (Å²) in [5, 5.41) is 2.68. The Morgan fingerprint density at radius 2 is 1.72 bits per heavy atom. The van der Waals surface area contributed by atoms with Crippen LogP contribution < -0.4 is 0 Å². The Balaban J connectivity index is 2.42. The molecule has 0 saturated heterocycles. The lowest BCUT2D eigenvalue weighted by Crippen LogP contribution is -2.03. The number of nitrogens with zero attached hydrogens (tertiary/aromatic N) is 1. The van der Waals surface area contributed by atoms with Crippen LogP contribution in [0.5, 0.6) is 0 Å². The highest BCUT2D eigenvalue weighted by Gasteiger charge is 2.10. The molecule has 0 aliphatic rings. The fourth-order valence-electron chi connectivity index (χ4n) is 2.59. The summed E-state index contributed by atoms with van der Waals surface area (Å²) in [6.45, 7) is 5.59. The van der Waals surface area contributed by atoms with Crippen molar-refractivity contribution in [2.75, 3.05) is 0 Å². The van der Waals surface area contributed by atoms with Crippen LogP contribution in [0.15, 0.2) is 46.9 Å². The highest BCUT2D eigenvalue weighted by Crippen LogP contribution is 2.31. The average Bonchev–Trinajstić information content (AvgIpc) is 2.64. The number of rotatable bonds is 2. The van der Waals surface area contributed by atoms with Crippen LogP contribution in [0.2, 0.25) is 0 Å². The molecule has 0 aliphatic carbocycles. The lowest BCUT2D eigenvalue weighted by molar-refractivity contribution is 0.545. The number of fused-ring (bicyclic) bond motifs is 3. The summed E-state index contributed by atoms with van der Waals surface area (Å²) in [6, 6.07) is 15.2. The SMILES string of the molecule is CC(C)Cn1c2ccccc2c2cc(Br)ccc21. The fraction of sp³-hybridized carbons (Fsp3) is 0.250. The smallest absolute Gasteiger partial charge is 0.0492 e. The van der Waals surface area contributed by atoms with E-state index in [-0.39, 0.29) is 0 Å². The van der Waals surface area contributed by atoms with Crippen molar-refractivity contribution in [3.63, 3.8) is 0 Å². The summed E-state index contributed by atoms with van der Waals surface area (Å²) in [5.74, 6) is 0.646. The maximum atomic E-state index is 3.57. The fourth-order valence-corrected chi connectivity index (χ4v) is 2.95. The molecule has 18 heavy (non-hydrogen) atoms. The predicted molar refractivity (Wildman–Crippen MR) is 82.0 cm³/mol. The van der Waals surface area contributed by atoms with Crippen molar-refractivity contribution in [3.05, 3.63) is 46.9 Å². The molecule has 0 aliphatic heterocycles. The van der Waals surface area contributed by atoms with Crippen LogP contribution in [-0.2, 0) is 6.54 Å². The van der Waals surface area contributed by atoms with Crippen LogP contribution in [0, 0.1) is 5.92 Å². The predicted octanol–water partition coefficient (Wildman–Crippen LogP) is 5.21. The number of benzene rings is 2. The van der Waals surface area contributed by atoms with Crippen LogP contribution in [0.3, 0.4) is 0 Å². The number of para-hydroxylation sites is 1. The van der Waals surface area contributed by atoms with Gasteiger partial charge in [-0.3, -0.25) is 0 Å². The molecule has 1 heterocycles. The topological polar surface area (TPSA) is 4.93 Å². The van der Waals surface area contributed by atoms with Gasteiger partial charge in [0, 0.05) is 32.8 Å². The molecule has 0 N–H and O–H groups in total. The van der Waals surface area contributed by atoms with Crippen molar-refractivity contribution in [1.82, 2.24) is 4.57 Å². The molecular formula is C16H16BrN. The molecule has 0 bridgehead atoms. The van der Waals surface area contributed by atoms with Gasteiger partial charge in [0.25, 0.3) is 0 Å². The van der Waals surface area contributed by atoms with E-state index in [0.29, 0.717) is 5.92 Å². The van der Waals surface area contributed by atoms with E-state index in [4.69, 9.17) is 0 Å². The largest absolute Gasteiger partial charge is 0.340 e. The first-order chi connectivity index (χ1) is 8.66. The zero-order valence-electron chi connectivity index (χ0n) is 10.7. The van der Waals surface area contributed by atoms with Gasteiger partial charge in [0.1, 0.15) is 0 Å². The Kier molecular flexibility index (Phi) is 2.90. The van der Waals surface area contributed by atoms with Crippen molar-refractivity contribution < 1.29 is 0 Å². The zero-order chi connectivity index (χ0) is 12.7. The van der Waals surface area contributed by atoms with E-state index in [1.54, 1.807) is 0 Å². The van der Waals surface area contributed by atoms with E-state index >= 15 is 0 Å². The highest BCUT2D eigenvalue weighted by atomic mass is 79.9. The molecule has 2 aromatic carbocycles. The molecule has 0 spiro atoms. The van der Waals surface area contributed by atoms with E-state index < -0.39 is 0 Å². The Morgan fingerprint density at radius 3 is 2.50 bits per heavy atom. The van der Waals surface area contributed by atoms with Crippen LogP contribution in [0.25, 0.3) is 21.8 Å². The minimum atomic E-state index is 0.646. The van der Waals surface area contributed by atoms with Gasteiger partial charge in [0.15, 0.2) is 0 Å². The molecule has 3 rings (SSSR count). The summed E-state index contributed by atoms with van der Waals surface area (Å²) in [7, 11) is 0. The Bertz CT molecular complexity index is 710. The molecule has 0 unspecified atom stereocenters. The van der Waals surface area contributed by atoms with Crippen LogP contribution in [0.4, 0.5) is 0 Å². The lowest BCUT2D eigenvalue weighted by Gasteiger charge is -2.10. The number of hydrogen-bond donors (Lipinski definition) is 0. The van der Waals surface area contributed by atoms with E-state index in [1.165, 1.54) is 21.8 Å². The zero-order valence-corrected chi connectivity index (χ0v) is 12.2. The summed E-state index contributed by atoms with van der Waals surface area (Å²) < 4.78 is 3.57. The monoisotopic (exact) mass is 301 g/mol. The standard InChI is InChI=1S/C16H16BrN/c1-11(2)10-18-15-6-4-3-5-13(15)14-9-12(17)7-8-16(14)18/h3-9,11H,10H2,1-2H3. The normalized spacial score (nSPS) is 11.8. The van der Waals surface area contributed by atoms with Gasteiger partial charge in [-0.25, -0.2) is 0 Å². The maximum absolute atomic E-state index is 3.57. The summed E-state index contributed by atoms with van der Waals surface area (Å²) in [4.78, 5) is 0. The van der Waals surface area contributed by atoms with E-state index in [1.807, 2.05) is 0 Å². The van der Waals surface area contributed by atoms with Gasteiger partial charge in [0.2, 0.25) is 0 Å². The molecule has 0 radical (unpaired) electrons. The quantitative estimate of drug-likeness (QED) is 0.612. The van der Waals surface area contributed by atoms with Crippen molar-refractivity contribution in [2.45, 2.75) is 20.4 Å². The van der Waals surface area contributed by atoms with Crippen LogP contribution >= 0.6 is 15.9 Å². The summed E-state index contributed by atoms with van der Waals surface area (Å²) in [6.07, 6.45) is 0. The molecule has 1 aromatic heterocycles. The van der Waals surface area contributed by atoms with E-state index in [9.17, 15) is 0 Å². The minimum absolute atomic E-state index is 0.646. The van der Waals surface area contributed by atoms with Gasteiger partial charge < -0.3 is 4.57 Å². The summed E-state index contributed by atoms with van der Waals surface area (Å²) >= 11 is 3.57. The maximum Gasteiger partial charge on any atom is 0.0492 e. The van der Waals surface area contributed by atoms with Crippen molar-refractivity contribution in [1.29, 1.82) is 0 Å². The molecule has 2 heteroatoms. The molecule has 1 nitrogen and oxygen atoms in total. The highest BCUT2D eigenvalue weighted by molar-refractivity contribution is 9.10. The Hall–Kier alpha value is -1.28. The second-order valence-electron chi connectivity index (χ2n) is 5.18. The second-order valence-corrected chi connectivity index (χ2v) is 6.10. The lowest BCUT2D eigenvalue weighted by atomic mass is 10.2. The number of halogens is 1. The second kappa shape index (κ2) is 4.43. The van der Waals surface area contributed by atoms with Gasteiger partial charge in [0.05, 0.1) is 0 Å². The molecule has 0 saturated carbocycles. The minimum Gasteiger partial charge on any atom is -0.340 e. The van der Waals surface area contributed by atoms with Gasteiger partial charge >= 0.3 is 0 Å². The van der Waals surface area contributed by atoms with E-state index in [2.05, 4.69) is 76.8 Å². The van der Waals surface area contributed by atoms with Crippen LogP contribution in [0.1, 0.15) is 13.8 Å². The molecule has 3 aromatic rings. The molecule has 0 atom stereocenters. The first-order valence-electron chi connectivity index (χ1n) is 6.33. The van der Waals surface area contributed by atoms with Gasteiger partial charge in [-0.15, -0.1) is 0 Å². The summed E-state index contributed by atoms with van der Waals surface area (Å²) in [5.41, 5.74) is 2.66. The van der Waals surface area contributed by atoms with Gasteiger partial charge in [-0.1, -0.05) is 48.0 Å². The van der Waals surface area contributed by atoms with Gasteiger partial charge in [-0.2, -0.15) is 0 Å². The third-order valence-corrected chi connectivity index (χ3v) is 3.78. The van der Waals surface area contributed by atoms with Crippen molar-refractivity contribution >= 4 is 37.7 Å². The molecule has 0 fully saturated rings. The first-order valence-corrected chi connectivity index (χ1v) is 7.12.